The van der Waals surface area contributed by atoms with Crippen molar-refractivity contribution in [1.29, 1.82) is 0 Å². The number of sulfonamides is 1. The Morgan fingerprint density at radius 1 is 1.09 bits per heavy atom. The summed E-state index contributed by atoms with van der Waals surface area (Å²) >= 11 is 18.5. The quantitative estimate of drug-likeness (QED) is 0.581. The maximum atomic E-state index is 14.7. The Hall–Kier alpha value is -1.58. The average molecular weight is 535 g/mol. The number of nitrogens with zero attached hydrogens (tertiary/aromatic N) is 2. The minimum absolute atomic E-state index is 0.138. The fourth-order valence-electron chi connectivity index (χ4n) is 3.89. The zero-order chi connectivity index (χ0) is 23.9. The Bertz CT molecular complexity index is 1190. The number of piperazine rings is 1. The van der Waals surface area contributed by atoms with Crippen molar-refractivity contribution in [3.63, 3.8) is 0 Å². The average Bonchev–Trinajstić information content (AvgIpc) is 3.59. The standard InChI is InChI=1S/C22H23Cl3FN3O3S/c1-13-11-29(15-2-5-18(23)20(25)9-15)7-6-28(13)12-14-8-21(26)17(10-19(14)24)22(30)27-33(31,32)16-3-4-16/h2,5,8-10,13,16H,3-4,6-7,11-12H2,1H3,(H,27,30). The van der Waals surface area contributed by atoms with Crippen molar-refractivity contribution in [1.82, 2.24) is 9.62 Å². The molecule has 33 heavy (non-hydrogen) atoms. The molecule has 1 N–H and O–H groups in total. The van der Waals surface area contributed by atoms with Gasteiger partial charge in [0.1, 0.15) is 5.82 Å². The van der Waals surface area contributed by atoms with E-state index in [1.807, 2.05) is 16.9 Å². The molecule has 1 unspecified atom stereocenters. The van der Waals surface area contributed by atoms with Crippen LogP contribution < -0.4 is 9.62 Å². The summed E-state index contributed by atoms with van der Waals surface area (Å²) in [6, 6.07) is 8.08. The van der Waals surface area contributed by atoms with Crippen LogP contribution in [0, 0.1) is 5.82 Å². The van der Waals surface area contributed by atoms with Gasteiger partial charge >= 0.3 is 0 Å². The highest BCUT2D eigenvalue weighted by Crippen LogP contribution is 2.30. The van der Waals surface area contributed by atoms with Gasteiger partial charge in [0.2, 0.25) is 10.0 Å². The van der Waals surface area contributed by atoms with Gasteiger partial charge in [-0.3, -0.25) is 9.69 Å². The van der Waals surface area contributed by atoms with E-state index in [4.69, 9.17) is 34.8 Å². The Labute approximate surface area is 207 Å². The van der Waals surface area contributed by atoms with Crippen molar-refractivity contribution in [3.05, 3.63) is 62.3 Å². The highest BCUT2D eigenvalue weighted by Gasteiger charge is 2.37. The zero-order valence-electron chi connectivity index (χ0n) is 17.8. The second-order valence-electron chi connectivity index (χ2n) is 8.46. The van der Waals surface area contributed by atoms with Crippen molar-refractivity contribution in [3.8, 4) is 0 Å². The predicted octanol–water partition coefficient (Wildman–Crippen LogP) is 4.72. The first-order chi connectivity index (χ1) is 15.5. The van der Waals surface area contributed by atoms with Crippen LogP contribution in [0.3, 0.4) is 0 Å². The molecule has 2 aromatic carbocycles. The molecule has 178 valence electrons. The van der Waals surface area contributed by atoms with Gasteiger partial charge in [-0.2, -0.15) is 0 Å². The third-order valence-electron chi connectivity index (χ3n) is 5.99. The Kier molecular flexibility index (Phi) is 7.13. The molecular formula is C22H23Cl3FN3O3S. The maximum Gasteiger partial charge on any atom is 0.267 e. The summed E-state index contributed by atoms with van der Waals surface area (Å²) in [7, 11) is -3.78. The number of rotatable bonds is 6. The molecule has 1 aliphatic heterocycles. The highest BCUT2D eigenvalue weighted by molar-refractivity contribution is 7.91. The molecule has 1 atom stereocenters. The van der Waals surface area contributed by atoms with Crippen LogP contribution in [0.4, 0.5) is 10.1 Å². The number of anilines is 1. The van der Waals surface area contributed by atoms with Crippen LogP contribution >= 0.6 is 34.8 Å². The molecular weight excluding hydrogens is 512 g/mol. The molecule has 1 heterocycles. The Morgan fingerprint density at radius 2 is 1.82 bits per heavy atom. The summed E-state index contributed by atoms with van der Waals surface area (Å²) < 4.78 is 40.6. The van der Waals surface area contributed by atoms with Crippen molar-refractivity contribution in [2.24, 2.45) is 0 Å². The lowest BCUT2D eigenvalue weighted by molar-refractivity contribution is 0.0977. The molecule has 2 aromatic rings. The molecule has 11 heteroatoms. The molecule has 1 amide bonds. The lowest BCUT2D eigenvalue weighted by Crippen LogP contribution is -2.51. The number of benzene rings is 2. The minimum atomic E-state index is -3.78. The van der Waals surface area contributed by atoms with Gasteiger partial charge in [0.25, 0.3) is 5.91 Å². The Morgan fingerprint density at radius 3 is 2.45 bits per heavy atom. The van der Waals surface area contributed by atoms with Crippen LogP contribution in [-0.4, -0.2) is 50.2 Å². The molecule has 1 aliphatic carbocycles. The first-order valence-corrected chi connectivity index (χ1v) is 13.2. The van der Waals surface area contributed by atoms with Crippen molar-refractivity contribution < 1.29 is 17.6 Å². The number of halogens is 4. The Balaban J connectivity index is 1.43. The summed E-state index contributed by atoms with van der Waals surface area (Å²) in [5.41, 5.74) is 1.13. The fraction of sp³-hybridized carbons (Fsp3) is 0.409. The smallest absolute Gasteiger partial charge is 0.267 e. The van der Waals surface area contributed by atoms with Crippen LogP contribution in [0.5, 0.6) is 0 Å². The topological polar surface area (TPSA) is 69.7 Å². The van der Waals surface area contributed by atoms with Crippen LogP contribution in [0.2, 0.25) is 15.1 Å². The van der Waals surface area contributed by atoms with Gasteiger partial charge in [-0.15, -0.1) is 0 Å². The normalized spacial score (nSPS) is 19.5. The highest BCUT2D eigenvalue weighted by atomic mass is 35.5. The summed E-state index contributed by atoms with van der Waals surface area (Å²) in [6.45, 7) is 4.65. The zero-order valence-corrected chi connectivity index (χ0v) is 20.9. The molecule has 4 rings (SSSR count). The van der Waals surface area contributed by atoms with Crippen molar-refractivity contribution in [2.45, 2.75) is 37.6 Å². The fourth-order valence-corrected chi connectivity index (χ4v) is 5.70. The molecule has 6 nitrogen and oxygen atoms in total. The van der Waals surface area contributed by atoms with Crippen LogP contribution in [0.25, 0.3) is 0 Å². The van der Waals surface area contributed by atoms with Gasteiger partial charge in [0.15, 0.2) is 0 Å². The number of amides is 1. The lowest BCUT2D eigenvalue weighted by atomic mass is 10.1. The molecule has 0 bridgehead atoms. The second-order valence-corrected chi connectivity index (χ2v) is 11.6. The molecule has 1 saturated heterocycles. The van der Waals surface area contributed by atoms with E-state index in [1.165, 1.54) is 12.1 Å². The minimum Gasteiger partial charge on any atom is -0.369 e. The van der Waals surface area contributed by atoms with Crippen LogP contribution in [-0.2, 0) is 16.6 Å². The number of hydrogen-bond acceptors (Lipinski definition) is 5. The van der Waals surface area contributed by atoms with Crippen LogP contribution in [0.1, 0.15) is 35.7 Å². The molecule has 2 aliphatic rings. The molecule has 0 radical (unpaired) electrons. The number of carbonyl (C=O) groups is 1. The van der Waals surface area contributed by atoms with Gasteiger partial charge in [-0.25, -0.2) is 17.5 Å². The number of hydrogen-bond donors (Lipinski definition) is 1. The van der Waals surface area contributed by atoms with Crippen LogP contribution in [0.15, 0.2) is 30.3 Å². The van der Waals surface area contributed by atoms with Gasteiger partial charge in [0, 0.05) is 42.9 Å². The summed E-state index contributed by atoms with van der Waals surface area (Å²) in [6.07, 6.45) is 1.00. The molecule has 0 aromatic heterocycles. The summed E-state index contributed by atoms with van der Waals surface area (Å²) in [4.78, 5) is 16.7. The van der Waals surface area contributed by atoms with E-state index in [2.05, 4.69) is 16.7 Å². The number of carbonyl (C=O) groups excluding carboxylic acids is 1. The molecule has 0 spiro atoms. The largest absolute Gasteiger partial charge is 0.369 e. The predicted molar refractivity (Wildman–Crippen MR) is 129 cm³/mol. The van der Waals surface area contributed by atoms with Gasteiger partial charge < -0.3 is 4.90 Å². The van der Waals surface area contributed by atoms with E-state index in [0.29, 0.717) is 41.5 Å². The van der Waals surface area contributed by atoms with E-state index >= 15 is 0 Å². The molecule has 2 fully saturated rings. The van der Waals surface area contributed by atoms with E-state index in [-0.39, 0.29) is 16.6 Å². The van der Waals surface area contributed by atoms with Crippen molar-refractivity contribution >= 4 is 56.4 Å². The third-order valence-corrected chi connectivity index (χ3v) is 8.90. The SMILES string of the molecule is CC1CN(c2ccc(Cl)c(Cl)c2)CCN1Cc1cc(F)c(C(=O)NS(=O)(=O)C2CC2)cc1Cl. The monoisotopic (exact) mass is 533 g/mol. The van der Waals surface area contributed by atoms with E-state index in [0.717, 1.165) is 18.8 Å². The summed E-state index contributed by atoms with van der Waals surface area (Å²) in [5.74, 6) is -1.81. The van der Waals surface area contributed by atoms with E-state index in [9.17, 15) is 17.6 Å². The third kappa shape index (κ3) is 5.57. The second kappa shape index (κ2) is 9.58. The van der Waals surface area contributed by atoms with E-state index in [1.54, 1.807) is 6.07 Å². The maximum absolute atomic E-state index is 14.7. The first-order valence-electron chi connectivity index (χ1n) is 10.5. The lowest BCUT2D eigenvalue weighted by Gasteiger charge is -2.41. The summed E-state index contributed by atoms with van der Waals surface area (Å²) in [5, 5.41) is 0.638. The van der Waals surface area contributed by atoms with E-state index < -0.39 is 27.0 Å². The van der Waals surface area contributed by atoms with Gasteiger partial charge in [-0.1, -0.05) is 34.8 Å². The number of nitrogens with one attached hydrogen (secondary N) is 1. The first kappa shape index (κ1) is 24.5. The van der Waals surface area contributed by atoms with Gasteiger partial charge in [0.05, 0.1) is 20.9 Å². The van der Waals surface area contributed by atoms with Crippen molar-refractivity contribution in [2.75, 3.05) is 24.5 Å². The van der Waals surface area contributed by atoms with Gasteiger partial charge in [-0.05, 0) is 55.7 Å². The molecule has 1 saturated carbocycles.